The molecule has 0 bridgehead atoms. The second-order valence-corrected chi connectivity index (χ2v) is 15.8. The largest absolute Gasteiger partial charge is 0.481 e. The summed E-state index contributed by atoms with van der Waals surface area (Å²) < 4.78 is 45.3. The number of aliphatic hydroxyl groups is 1. The van der Waals surface area contributed by atoms with Crippen molar-refractivity contribution in [3.8, 4) is 0 Å². The van der Waals surface area contributed by atoms with Gasteiger partial charge in [-0.1, -0.05) is 11.4 Å². The number of alkyl carbamates (subject to hydrolysis) is 1. The number of nitrogens with two attached hydrogens (primary N) is 1. The van der Waals surface area contributed by atoms with Crippen LogP contribution in [0.3, 0.4) is 0 Å². The smallest absolute Gasteiger partial charge is 0.440 e. The summed E-state index contributed by atoms with van der Waals surface area (Å²) in [4.78, 5) is 82.9. The Kier molecular flexibility index (Phi) is 11.8. The fourth-order valence-electron chi connectivity index (χ4n) is 5.90. The van der Waals surface area contributed by atoms with E-state index >= 15 is 0 Å². The number of aliphatic hydroxyl groups excluding tert-OH is 1. The summed E-state index contributed by atoms with van der Waals surface area (Å²) >= 11 is 1.79. The molecule has 2 aromatic rings. The van der Waals surface area contributed by atoms with E-state index in [2.05, 4.69) is 40.1 Å². The zero-order valence-corrected chi connectivity index (χ0v) is 29.0. The average molecular weight is 771 g/mol. The lowest BCUT2D eigenvalue weighted by atomic mass is 10.0. The Balaban J connectivity index is 1.13. The number of nitrogens with one attached hydrogen (secondary N) is 5. The number of phosphoric ester groups is 1. The first-order valence-corrected chi connectivity index (χ1v) is 19.3. The molecule has 11 N–H and O–H groups in total. The lowest BCUT2D eigenvalue weighted by molar-refractivity contribution is -0.745. The van der Waals surface area contributed by atoms with Gasteiger partial charge in [0.05, 0.1) is 25.7 Å². The van der Waals surface area contributed by atoms with Gasteiger partial charge >= 0.3 is 33.4 Å². The number of rotatable bonds is 15. The van der Waals surface area contributed by atoms with Crippen molar-refractivity contribution in [2.75, 3.05) is 31.2 Å². The summed E-state index contributed by atoms with van der Waals surface area (Å²) in [7, 11) is -9.33. The van der Waals surface area contributed by atoms with Gasteiger partial charge in [-0.3, -0.25) is 23.7 Å². The predicted octanol–water partition coefficient (Wildman–Crippen LogP) is -2.45. The molecule has 4 amide bonds. The SMILES string of the molecule is Cn1c[n+]([C@@H]2O[C@H](COP(=O)(O)OP(=O)(O)O)[C@@H](OC(=O)NCCNC(=O)CCCC[C@@H]3SC[C@@H]4NC(=O)N[C@@H]43)[C@H]2O)c2nc(N)[nH]c(=O)c21. The normalized spacial score (nSPS) is 27.4. The van der Waals surface area contributed by atoms with Crippen molar-refractivity contribution in [3.05, 3.63) is 16.7 Å². The Morgan fingerprint density at radius 2 is 1.94 bits per heavy atom. The highest BCUT2D eigenvalue weighted by molar-refractivity contribution is 8.00. The Morgan fingerprint density at radius 3 is 2.68 bits per heavy atom. The minimum atomic E-state index is -5.46. The molecule has 5 rings (SSSR count). The number of nitrogens with zero attached hydrogens (tertiary/aromatic N) is 3. The van der Waals surface area contributed by atoms with Gasteiger partial charge in [-0.05, 0) is 12.8 Å². The molecule has 0 aliphatic carbocycles. The zero-order valence-electron chi connectivity index (χ0n) is 26.4. The molecule has 1 unspecified atom stereocenters. The second-order valence-electron chi connectivity index (χ2n) is 11.7. The van der Waals surface area contributed by atoms with Crippen LogP contribution in [-0.2, 0) is 39.3 Å². The first-order valence-electron chi connectivity index (χ1n) is 15.2. The average Bonchev–Trinajstić information content (AvgIpc) is 3.73. The van der Waals surface area contributed by atoms with Gasteiger partial charge in [-0.2, -0.15) is 16.1 Å². The van der Waals surface area contributed by atoms with Gasteiger partial charge in [0.25, 0.3) is 11.5 Å². The van der Waals surface area contributed by atoms with Crippen LogP contribution >= 0.6 is 27.4 Å². The summed E-state index contributed by atoms with van der Waals surface area (Å²) in [5.74, 6) is 0.353. The number of thioether (sulfide) groups is 1. The van der Waals surface area contributed by atoms with Crippen molar-refractivity contribution in [1.29, 1.82) is 0 Å². The van der Waals surface area contributed by atoms with Crippen molar-refractivity contribution >= 4 is 62.6 Å². The Morgan fingerprint density at radius 1 is 1.20 bits per heavy atom. The molecule has 0 aromatic carbocycles. The maximum absolute atomic E-state index is 12.7. The van der Waals surface area contributed by atoms with Crippen molar-refractivity contribution in [1.82, 2.24) is 35.8 Å². The first kappa shape index (κ1) is 37.9. The number of amides is 4. The summed E-state index contributed by atoms with van der Waals surface area (Å²) in [6, 6.07) is 0.0708. The first-order chi connectivity index (χ1) is 23.5. The van der Waals surface area contributed by atoms with Crippen molar-refractivity contribution in [3.63, 3.8) is 0 Å². The highest BCUT2D eigenvalue weighted by Gasteiger charge is 2.51. The number of phosphoric acid groups is 2. The number of hydrogen-bond acceptors (Lipinski definition) is 14. The van der Waals surface area contributed by atoms with E-state index in [0.29, 0.717) is 6.42 Å². The molecular weight excluding hydrogens is 732 g/mol. The van der Waals surface area contributed by atoms with Crippen molar-refractivity contribution < 1.29 is 66.2 Å². The van der Waals surface area contributed by atoms with Gasteiger partial charge < -0.3 is 56.3 Å². The van der Waals surface area contributed by atoms with E-state index < -0.39 is 58.4 Å². The minimum absolute atomic E-state index is 0.0319. The van der Waals surface area contributed by atoms with E-state index in [1.54, 1.807) is 11.8 Å². The van der Waals surface area contributed by atoms with Crippen molar-refractivity contribution in [2.45, 2.75) is 67.6 Å². The number of nitrogen functional groups attached to an aromatic ring is 1. The number of H-pyrrole nitrogens is 1. The third-order valence-electron chi connectivity index (χ3n) is 8.03. The molecule has 3 aliphatic heterocycles. The van der Waals surface area contributed by atoms with Gasteiger partial charge in [0.1, 0.15) is 6.10 Å². The van der Waals surface area contributed by atoms with Crippen LogP contribution in [0, 0.1) is 0 Å². The molecule has 3 aliphatic rings. The third kappa shape index (κ3) is 9.32. The van der Waals surface area contributed by atoms with Crippen LogP contribution in [-0.4, -0.2) is 113 Å². The zero-order chi connectivity index (χ0) is 36.4. The maximum Gasteiger partial charge on any atom is 0.481 e. The van der Waals surface area contributed by atoms with Crippen LogP contribution in [0.1, 0.15) is 31.9 Å². The molecule has 3 fully saturated rings. The molecule has 0 saturated carbocycles. The Hall–Kier alpha value is -3.31. The fourth-order valence-corrected chi connectivity index (χ4v) is 9.05. The van der Waals surface area contributed by atoms with Gasteiger partial charge in [0.15, 0.2) is 18.5 Å². The predicted molar refractivity (Wildman–Crippen MR) is 170 cm³/mol. The van der Waals surface area contributed by atoms with Gasteiger partial charge in [-0.15, -0.1) is 0 Å². The van der Waals surface area contributed by atoms with Gasteiger partial charge in [-0.25, -0.2) is 23.3 Å². The lowest BCUT2D eigenvalue weighted by Gasteiger charge is -2.21. The molecule has 0 spiro atoms. The standard InChI is InChI=1S/C24H37N9O14P2S/c1-32-10-33(19-16(32)20(36)31-22(25)30-19)21-17(35)18(12(45-21)8-44-49(42,43)47-48(39,40)41)46-24(38)27-7-6-26-14(34)5-3-2-4-13-15-11(9-50-13)28-23(37)29-15/h10-13,15,17-18,21,35H,2-9H2,1H3,(H9-,25,26,27,28,29,30,31,34,36,37,38,39,40,41,42,43)/p+1/t11-,12+,13-,15-,17+,18+,21+/m0/s1. The third-order valence-corrected chi connectivity index (χ3v) is 11.7. The van der Waals surface area contributed by atoms with E-state index in [-0.39, 0.29) is 65.9 Å². The molecule has 23 nitrogen and oxygen atoms in total. The minimum Gasteiger partial charge on any atom is -0.440 e. The molecule has 5 heterocycles. The number of carbonyl (C=O) groups excluding carboxylic acids is 3. The number of ether oxygens (including phenoxy) is 2. The van der Waals surface area contributed by atoms with Crippen LogP contribution in [0.15, 0.2) is 11.1 Å². The molecule has 2 aromatic heterocycles. The number of fused-ring (bicyclic) bond motifs is 2. The van der Waals surface area contributed by atoms with E-state index in [1.807, 2.05) is 0 Å². The number of urea groups is 1. The monoisotopic (exact) mass is 770 g/mol. The second kappa shape index (κ2) is 15.5. The van der Waals surface area contributed by atoms with Gasteiger partial charge in [0, 0.05) is 30.5 Å². The van der Waals surface area contributed by atoms with Crippen LogP contribution in [0.5, 0.6) is 0 Å². The van der Waals surface area contributed by atoms with E-state index in [4.69, 9.17) is 25.0 Å². The molecule has 50 heavy (non-hydrogen) atoms. The van der Waals surface area contributed by atoms with Crippen LogP contribution in [0.4, 0.5) is 15.5 Å². The van der Waals surface area contributed by atoms with E-state index in [9.17, 15) is 38.3 Å². The number of aryl methyl sites for hydroxylation is 1. The Labute approximate surface area is 286 Å². The number of carbonyl (C=O) groups is 3. The number of anilines is 1. The van der Waals surface area contributed by atoms with Crippen LogP contribution < -0.4 is 37.1 Å². The molecular formula is C24H38N9O14P2S+. The highest BCUT2D eigenvalue weighted by atomic mass is 32.2. The summed E-state index contributed by atoms with van der Waals surface area (Å²) in [5, 5.41) is 22.4. The Bertz CT molecular complexity index is 1760. The van der Waals surface area contributed by atoms with Crippen molar-refractivity contribution in [2.24, 2.45) is 7.05 Å². The van der Waals surface area contributed by atoms with E-state index in [1.165, 1.54) is 22.5 Å². The molecule has 278 valence electrons. The summed E-state index contributed by atoms with van der Waals surface area (Å²) in [6.45, 7) is -1.02. The molecule has 0 radical (unpaired) electrons. The maximum atomic E-state index is 12.7. The molecule has 8 atom stereocenters. The number of aromatic amines is 1. The summed E-state index contributed by atoms with van der Waals surface area (Å²) in [6.07, 6.45) is -3.53. The highest BCUT2D eigenvalue weighted by Crippen LogP contribution is 2.57. The fraction of sp³-hybridized carbons (Fsp3) is 0.667. The van der Waals surface area contributed by atoms with Crippen LogP contribution in [0.2, 0.25) is 0 Å². The molecule has 26 heteroatoms. The number of hydrogen-bond donors (Lipinski definition) is 10. The lowest BCUT2D eigenvalue weighted by Crippen LogP contribution is -2.47. The number of unbranched alkanes of at least 4 members (excludes halogenated alkanes) is 1. The van der Waals surface area contributed by atoms with Gasteiger partial charge in [0.2, 0.25) is 17.7 Å². The summed E-state index contributed by atoms with van der Waals surface area (Å²) in [5.41, 5.74) is 5.06. The van der Waals surface area contributed by atoms with Crippen LogP contribution in [0.25, 0.3) is 11.2 Å². The number of imidazole rings is 1. The number of aromatic nitrogens is 4. The topological polar surface area (TPSA) is 332 Å². The quantitative estimate of drug-likeness (QED) is 0.0389. The molecule has 3 saturated heterocycles. The van der Waals surface area contributed by atoms with E-state index in [0.717, 1.165) is 18.6 Å².